The Morgan fingerprint density at radius 1 is 1.07 bits per heavy atom. The maximum absolute atomic E-state index is 13.2. The maximum Gasteiger partial charge on any atom is 0.317 e. The van der Waals surface area contributed by atoms with Crippen LogP contribution in [0.3, 0.4) is 0 Å². The third-order valence-electron chi connectivity index (χ3n) is 4.79. The first-order valence-corrected chi connectivity index (χ1v) is 9.74. The molecule has 0 unspecified atom stereocenters. The molecule has 1 aliphatic rings. The molecule has 0 saturated carbocycles. The second-order valence-electron chi connectivity index (χ2n) is 7.39. The molecule has 3 rings (SSSR count). The van der Waals surface area contributed by atoms with Crippen molar-refractivity contribution in [3.63, 3.8) is 0 Å². The van der Waals surface area contributed by atoms with Gasteiger partial charge in [-0.05, 0) is 18.9 Å². The van der Waals surface area contributed by atoms with Crippen LogP contribution in [0.4, 0.5) is 4.79 Å². The number of hydrogen-bond acceptors (Lipinski definition) is 4. The Balaban J connectivity index is 1.89. The minimum Gasteiger partial charge on any atom is -0.338 e. The van der Waals surface area contributed by atoms with Crippen molar-refractivity contribution in [2.75, 3.05) is 32.7 Å². The Bertz CT molecular complexity index is 929. The Hall–Kier alpha value is -2.90. The van der Waals surface area contributed by atoms with E-state index in [4.69, 9.17) is 0 Å². The first-order valence-electron chi connectivity index (χ1n) is 9.74. The number of fused-ring (bicyclic) bond motifs is 1. The van der Waals surface area contributed by atoms with Gasteiger partial charge in [-0.2, -0.15) is 5.10 Å². The van der Waals surface area contributed by atoms with Gasteiger partial charge in [0.1, 0.15) is 0 Å². The van der Waals surface area contributed by atoms with Crippen LogP contribution < -0.4 is 10.9 Å². The molecule has 1 aliphatic heterocycles. The van der Waals surface area contributed by atoms with Gasteiger partial charge < -0.3 is 15.1 Å². The molecule has 28 heavy (non-hydrogen) atoms. The molecule has 3 amide bonds. The molecule has 1 fully saturated rings. The van der Waals surface area contributed by atoms with Crippen LogP contribution in [0.25, 0.3) is 10.8 Å². The second kappa shape index (κ2) is 8.41. The van der Waals surface area contributed by atoms with Crippen molar-refractivity contribution in [3.05, 3.63) is 40.3 Å². The number of carbonyl (C=O) groups is 2. The summed E-state index contributed by atoms with van der Waals surface area (Å²) in [6.07, 6.45) is 0. The van der Waals surface area contributed by atoms with Crippen molar-refractivity contribution < 1.29 is 9.59 Å². The quantitative estimate of drug-likeness (QED) is 0.865. The molecule has 8 nitrogen and oxygen atoms in total. The van der Waals surface area contributed by atoms with Gasteiger partial charge in [0.15, 0.2) is 5.69 Å². The summed E-state index contributed by atoms with van der Waals surface area (Å²) < 4.78 is 1.39. The van der Waals surface area contributed by atoms with E-state index in [0.29, 0.717) is 55.7 Å². The van der Waals surface area contributed by atoms with Crippen LogP contribution in [0.5, 0.6) is 0 Å². The first-order chi connectivity index (χ1) is 13.4. The lowest BCUT2D eigenvalue weighted by molar-refractivity contribution is 0.0659. The topological polar surface area (TPSA) is 87.5 Å². The van der Waals surface area contributed by atoms with Gasteiger partial charge in [-0.15, -0.1) is 0 Å². The number of piperazine rings is 1. The number of hydrogen-bond donors (Lipinski definition) is 1. The van der Waals surface area contributed by atoms with Gasteiger partial charge in [0.2, 0.25) is 0 Å². The Morgan fingerprint density at radius 2 is 1.68 bits per heavy atom. The highest BCUT2D eigenvalue weighted by atomic mass is 16.2. The van der Waals surface area contributed by atoms with E-state index >= 15 is 0 Å². The molecule has 150 valence electrons. The molecule has 1 saturated heterocycles. The number of rotatable bonds is 4. The average Bonchev–Trinajstić information content (AvgIpc) is 2.69. The normalized spacial score (nSPS) is 14.6. The second-order valence-corrected chi connectivity index (χ2v) is 7.39. The molecule has 2 aromatic rings. The number of nitrogens with one attached hydrogen (secondary N) is 1. The van der Waals surface area contributed by atoms with E-state index in [0.717, 1.165) is 0 Å². The molecule has 0 radical (unpaired) electrons. The van der Waals surface area contributed by atoms with E-state index in [9.17, 15) is 14.4 Å². The summed E-state index contributed by atoms with van der Waals surface area (Å²) in [6.45, 7) is 8.74. The van der Waals surface area contributed by atoms with E-state index in [-0.39, 0.29) is 23.4 Å². The zero-order chi connectivity index (χ0) is 20.3. The van der Waals surface area contributed by atoms with Crippen LogP contribution in [0.2, 0.25) is 0 Å². The molecular weight excluding hydrogens is 358 g/mol. The lowest BCUT2D eigenvalue weighted by atomic mass is 10.1. The predicted molar refractivity (Wildman–Crippen MR) is 107 cm³/mol. The van der Waals surface area contributed by atoms with E-state index in [1.165, 1.54) is 4.68 Å². The van der Waals surface area contributed by atoms with Crippen molar-refractivity contribution in [1.29, 1.82) is 0 Å². The largest absolute Gasteiger partial charge is 0.338 e. The van der Waals surface area contributed by atoms with Gasteiger partial charge in [-0.3, -0.25) is 9.59 Å². The summed E-state index contributed by atoms with van der Waals surface area (Å²) in [6, 6.07) is 6.99. The van der Waals surface area contributed by atoms with Crippen molar-refractivity contribution in [2.45, 2.75) is 27.3 Å². The minimum absolute atomic E-state index is 0.108. The van der Waals surface area contributed by atoms with Crippen molar-refractivity contribution in [3.8, 4) is 0 Å². The third kappa shape index (κ3) is 4.00. The monoisotopic (exact) mass is 385 g/mol. The average molecular weight is 385 g/mol. The zero-order valence-electron chi connectivity index (χ0n) is 16.6. The number of nitrogens with zero attached hydrogens (tertiary/aromatic N) is 4. The highest BCUT2D eigenvalue weighted by Crippen LogP contribution is 2.17. The predicted octanol–water partition coefficient (Wildman–Crippen LogP) is 1.54. The number of amides is 3. The number of urea groups is 1. The van der Waals surface area contributed by atoms with Gasteiger partial charge in [-0.1, -0.05) is 32.0 Å². The summed E-state index contributed by atoms with van der Waals surface area (Å²) in [5.41, 5.74) is 0.115. The summed E-state index contributed by atoms with van der Waals surface area (Å²) >= 11 is 0. The molecular formula is C20H27N5O3. The van der Waals surface area contributed by atoms with Crippen LogP contribution in [-0.2, 0) is 6.54 Å². The fourth-order valence-electron chi connectivity index (χ4n) is 3.39. The summed E-state index contributed by atoms with van der Waals surface area (Å²) in [5.74, 6) is 0.0270. The first kappa shape index (κ1) is 19.9. The lowest BCUT2D eigenvalue weighted by Crippen LogP contribution is -2.53. The summed E-state index contributed by atoms with van der Waals surface area (Å²) in [5, 5.41) is 8.27. The van der Waals surface area contributed by atoms with E-state index < -0.39 is 0 Å². The zero-order valence-corrected chi connectivity index (χ0v) is 16.6. The van der Waals surface area contributed by atoms with Gasteiger partial charge in [0, 0.05) is 44.7 Å². The molecule has 2 heterocycles. The SMILES string of the molecule is CCNC(=O)N1CCN(C(=O)c2nn(CC(C)C)c(=O)c3ccccc23)CC1. The van der Waals surface area contributed by atoms with Crippen molar-refractivity contribution in [2.24, 2.45) is 5.92 Å². The van der Waals surface area contributed by atoms with Crippen LogP contribution in [0.1, 0.15) is 31.3 Å². The molecule has 0 spiro atoms. The highest BCUT2D eigenvalue weighted by Gasteiger charge is 2.27. The minimum atomic E-state index is -0.204. The summed E-state index contributed by atoms with van der Waals surface area (Å²) in [4.78, 5) is 41.3. The van der Waals surface area contributed by atoms with Crippen LogP contribution in [-0.4, -0.2) is 64.2 Å². The number of benzene rings is 1. The van der Waals surface area contributed by atoms with Crippen LogP contribution in [0.15, 0.2) is 29.1 Å². The molecule has 0 atom stereocenters. The summed E-state index contributed by atoms with van der Waals surface area (Å²) in [7, 11) is 0. The lowest BCUT2D eigenvalue weighted by Gasteiger charge is -2.34. The third-order valence-corrected chi connectivity index (χ3v) is 4.79. The fourth-order valence-corrected chi connectivity index (χ4v) is 3.39. The molecule has 8 heteroatoms. The number of aromatic nitrogens is 2. The standard InChI is InChI=1S/C20H27N5O3/c1-4-21-20(28)24-11-9-23(10-12-24)19(27)17-15-7-5-6-8-16(15)18(26)25(22-17)13-14(2)3/h5-8,14H,4,9-13H2,1-3H3,(H,21,28). The van der Waals surface area contributed by atoms with Crippen molar-refractivity contribution in [1.82, 2.24) is 24.9 Å². The van der Waals surface area contributed by atoms with E-state index in [1.807, 2.05) is 20.8 Å². The Labute approximate surface area is 164 Å². The Morgan fingerprint density at radius 3 is 2.29 bits per heavy atom. The smallest absolute Gasteiger partial charge is 0.317 e. The maximum atomic E-state index is 13.2. The highest BCUT2D eigenvalue weighted by molar-refractivity contribution is 6.04. The van der Waals surface area contributed by atoms with Crippen LogP contribution in [0, 0.1) is 5.92 Å². The molecule has 1 aromatic carbocycles. The number of carbonyl (C=O) groups excluding carboxylic acids is 2. The molecule has 0 bridgehead atoms. The molecule has 1 N–H and O–H groups in total. The van der Waals surface area contributed by atoms with E-state index in [2.05, 4.69) is 10.4 Å². The molecule has 1 aromatic heterocycles. The van der Waals surface area contributed by atoms with E-state index in [1.54, 1.807) is 34.1 Å². The van der Waals surface area contributed by atoms with Crippen molar-refractivity contribution >= 4 is 22.7 Å². The van der Waals surface area contributed by atoms with Gasteiger partial charge >= 0.3 is 6.03 Å². The van der Waals surface area contributed by atoms with Gasteiger partial charge in [0.05, 0.1) is 5.39 Å². The fraction of sp³-hybridized carbons (Fsp3) is 0.500. The van der Waals surface area contributed by atoms with Crippen LogP contribution >= 0.6 is 0 Å². The Kier molecular flexibility index (Phi) is 5.96. The van der Waals surface area contributed by atoms with Gasteiger partial charge in [-0.25, -0.2) is 9.48 Å². The molecule has 0 aliphatic carbocycles. The van der Waals surface area contributed by atoms with Gasteiger partial charge in [0.25, 0.3) is 11.5 Å².